The summed E-state index contributed by atoms with van der Waals surface area (Å²) >= 11 is 0. The van der Waals surface area contributed by atoms with Gasteiger partial charge < -0.3 is 10.5 Å². The van der Waals surface area contributed by atoms with Crippen molar-refractivity contribution >= 4 is 11.9 Å². The predicted octanol–water partition coefficient (Wildman–Crippen LogP) is 1.11. The molecule has 0 radical (unpaired) electrons. The fourth-order valence-electron chi connectivity index (χ4n) is 2.20. The minimum absolute atomic E-state index is 0.248. The second kappa shape index (κ2) is 3.50. The lowest BCUT2D eigenvalue weighted by atomic mass is 9.93. The number of nitrogens with two attached hydrogens (primary N) is 1. The minimum atomic E-state index is -0.971. The fraction of sp³-hybridized carbons (Fsp3) is 0.231. The molecule has 0 fully saturated rings. The van der Waals surface area contributed by atoms with Crippen molar-refractivity contribution in [3.8, 4) is 11.8 Å². The highest BCUT2D eigenvalue weighted by Crippen LogP contribution is 2.36. The van der Waals surface area contributed by atoms with Gasteiger partial charge in [0.05, 0.1) is 6.07 Å². The minimum Gasteiger partial charge on any atom is -0.461 e. The van der Waals surface area contributed by atoms with Gasteiger partial charge in [-0.15, -0.1) is 0 Å². The Labute approximate surface area is 105 Å². The summed E-state index contributed by atoms with van der Waals surface area (Å²) in [6.07, 6.45) is 3.73. The molecule has 1 aromatic rings. The summed E-state index contributed by atoms with van der Waals surface area (Å²) in [6.45, 7) is 2.02. The summed E-state index contributed by atoms with van der Waals surface area (Å²) in [5, 5.41) is 13.1. The molecule has 0 saturated heterocycles. The molecule has 3 N–H and O–H groups in total. The van der Waals surface area contributed by atoms with Gasteiger partial charge in [-0.1, -0.05) is 11.6 Å². The number of amidine groups is 1. The number of rotatable bonds is 0. The zero-order chi connectivity index (χ0) is 12.8. The predicted molar refractivity (Wildman–Crippen MR) is 67.4 cm³/mol. The molecule has 2 heterocycles. The van der Waals surface area contributed by atoms with Crippen LogP contribution >= 0.6 is 0 Å². The molecule has 2 unspecified atom stereocenters. The normalized spacial score (nSPS) is 28.0. The molecule has 18 heavy (non-hydrogen) atoms. The van der Waals surface area contributed by atoms with Crippen molar-refractivity contribution in [2.24, 2.45) is 16.8 Å². The lowest BCUT2D eigenvalue weighted by molar-refractivity contribution is 0.0768. The van der Waals surface area contributed by atoms with Crippen LogP contribution in [0.25, 0.3) is 6.08 Å². The molecule has 0 saturated carbocycles. The van der Waals surface area contributed by atoms with Crippen molar-refractivity contribution in [1.82, 2.24) is 5.43 Å². The van der Waals surface area contributed by atoms with E-state index in [1.165, 1.54) is 0 Å². The van der Waals surface area contributed by atoms with Gasteiger partial charge in [0.2, 0.25) is 5.72 Å². The highest BCUT2D eigenvalue weighted by Gasteiger charge is 2.47. The Morgan fingerprint density at radius 1 is 1.56 bits per heavy atom. The van der Waals surface area contributed by atoms with Gasteiger partial charge in [0.1, 0.15) is 11.6 Å². The topological polar surface area (TPSA) is 83.4 Å². The van der Waals surface area contributed by atoms with Gasteiger partial charge in [-0.2, -0.15) is 10.4 Å². The highest BCUT2D eigenvalue weighted by atomic mass is 16.5. The van der Waals surface area contributed by atoms with Gasteiger partial charge >= 0.3 is 0 Å². The SMILES string of the molecule is Cc1ccc2c(c1)C=CC1(NN=C(N)C1C#N)O2. The van der Waals surface area contributed by atoms with Crippen LogP contribution in [0.15, 0.2) is 29.4 Å². The van der Waals surface area contributed by atoms with Crippen LogP contribution in [0, 0.1) is 24.2 Å². The molecule has 1 spiro atoms. The molecule has 0 amide bonds. The van der Waals surface area contributed by atoms with E-state index in [0.717, 1.165) is 16.9 Å². The number of hydrazone groups is 1. The third-order valence-corrected chi connectivity index (χ3v) is 3.17. The van der Waals surface area contributed by atoms with Crippen molar-refractivity contribution < 1.29 is 4.74 Å². The third-order valence-electron chi connectivity index (χ3n) is 3.17. The molecule has 2 aliphatic rings. The Bertz CT molecular complexity index is 614. The number of benzene rings is 1. The van der Waals surface area contributed by atoms with E-state index in [9.17, 15) is 5.26 Å². The van der Waals surface area contributed by atoms with Gasteiger partial charge in [-0.25, -0.2) is 0 Å². The maximum Gasteiger partial charge on any atom is 0.237 e. The van der Waals surface area contributed by atoms with Gasteiger partial charge in [0, 0.05) is 5.56 Å². The van der Waals surface area contributed by atoms with Crippen LogP contribution in [0.2, 0.25) is 0 Å². The standard InChI is InChI=1S/C13H12N4O/c1-8-2-3-11-9(6-8)4-5-13(18-11)10(7-14)12(15)16-17-13/h2-6,10,17H,1H3,(H2,15,16). The zero-order valence-corrected chi connectivity index (χ0v) is 9.84. The molecular weight excluding hydrogens is 228 g/mol. The maximum atomic E-state index is 9.18. The van der Waals surface area contributed by atoms with E-state index in [0.29, 0.717) is 0 Å². The monoisotopic (exact) mass is 240 g/mol. The summed E-state index contributed by atoms with van der Waals surface area (Å²) in [4.78, 5) is 0. The highest BCUT2D eigenvalue weighted by molar-refractivity contribution is 5.88. The smallest absolute Gasteiger partial charge is 0.237 e. The lowest BCUT2D eigenvalue weighted by Crippen LogP contribution is -2.51. The van der Waals surface area contributed by atoms with E-state index in [2.05, 4.69) is 16.6 Å². The molecule has 2 atom stereocenters. The first-order valence-corrected chi connectivity index (χ1v) is 5.63. The summed E-state index contributed by atoms with van der Waals surface area (Å²) in [5.41, 5.74) is 9.68. The summed E-state index contributed by atoms with van der Waals surface area (Å²) in [6, 6.07) is 8.00. The molecule has 5 heteroatoms. The third kappa shape index (κ3) is 1.36. The number of nitrogens with zero attached hydrogens (tertiary/aromatic N) is 2. The average Bonchev–Trinajstić information content (AvgIpc) is 2.66. The quantitative estimate of drug-likeness (QED) is 0.711. The second-order valence-electron chi connectivity index (χ2n) is 4.48. The number of ether oxygens (including phenoxy) is 1. The van der Waals surface area contributed by atoms with E-state index in [1.54, 1.807) is 6.08 Å². The first-order valence-electron chi connectivity index (χ1n) is 5.63. The van der Waals surface area contributed by atoms with Crippen LogP contribution in [0.1, 0.15) is 11.1 Å². The molecule has 2 aliphatic heterocycles. The first kappa shape index (κ1) is 10.7. The fourth-order valence-corrected chi connectivity index (χ4v) is 2.20. The van der Waals surface area contributed by atoms with Crippen molar-refractivity contribution in [1.29, 1.82) is 5.26 Å². The van der Waals surface area contributed by atoms with Gasteiger partial charge in [0.25, 0.3) is 0 Å². The van der Waals surface area contributed by atoms with Crippen LogP contribution < -0.4 is 15.9 Å². The Kier molecular flexibility index (Phi) is 2.08. The van der Waals surface area contributed by atoms with Crippen LogP contribution in [-0.2, 0) is 0 Å². The number of fused-ring (bicyclic) bond motifs is 1. The van der Waals surface area contributed by atoms with Gasteiger partial charge in [0.15, 0.2) is 5.92 Å². The van der Waals surface area contributed by atoms with Crippen LogP contribution in [0.3, 0.4) is 0 Å². The molecule has 5 nitrogen and oxygen atoms in total. The number of hydrogen-bond acceptors (Lipinski definition) is 5. The van der Waals surface area contributed by atoms with Crippen LogP contribution in [-0.4, -0.2) is 11.6 Å². The maximum absolute atomic E-state index is 9.18. The number of nitrogens with one attached hydrogen (secondary N) is 1. The first-order chi connectivity index (χ1) is 8.64. The van der Waals surface area contributed by atoms with Gasteiger partial charge in [-0.05, 0) is 31.2 Å². The second-order valence-corrected chi connectivity index (χ2v) is 4.48. The summed E-state index contributed by atoms with van der Waals surface area (Å²) < 4.78 is 5.89. The molecule has 0 bridgehead atoms. The van der Waals surface area contributed by atoms with Crippen molar-refractivity contribution in [2.75, 3.05) is 0 Å². The zero-order valence-electron chi connectivity index (χ0n) is 9.84. The van der Waals surface area contributed by atoms with Crippen molar-refractivity contribution in [2.45, 2.75) is 12.6 Å². The average molecular weight is 240 g/mol. The number of aryl methyl sites for hydroxylation is 1. The van der Waals surface area contributed by atoms with E-state index in [4.69, 9.17) is 10.5 Å². The Balaban J connectivity index is 2.02. The molecule has 3 rings (SSSR count). The Morgan fingerprint density at radius 2 is 2.39 bits per heavy atom. The lowest BCUT2D eigenvalue weighted by Gasteiger charge is -2.32. The van der Waals surface area contributed by atoms with E-state index < -0.39 is 11.6 Å². The Morgan fingerprint density at radius 3 is 3.17 bits per heavy atom. The Hall–Kier alpha value is -2.48. The summed E-state index contributed by atoms with van der Waals surface area (Å²) in [5.74, 6) is 0.349. The van der Waals surface area contributed by atoms with Crippen LogP contribution in [0.5, 0.6) is 5.75 Å². The van der Waals surface area contributed by atoms with E-state index in [1.807, 2.05) is 31.2 Å². The van der Waals surface area contributed by atoms with E-state index in [-0.39, 0.29) is 5.84 Å². The summed E-state index contributed by atoms with van der Waals surface area (Å²) in [7, 11) is 0. The molecule has 0 aliphatic carbocycles. The van der Waals surface area contributed by atoms with E-state index >= 15 is 0 Å². The molecule has 1 aromatic carbocycles. The molecule has 0 aromatic heterocycles. The van der Waals surface area contributed by atoms with Crippen LogP contribution in [0.4, 0.5) is 0 Å². The number of hydrogen-bond donors (Lipinski definition) is 2. The molecular formula is C13H12N4O. The largest absolute Gasteiger partial charge is 0.461 e. The van der Waals surface area contributed by atoms with Crippen molar-refractivity contribution in [3.05, 3.63) is 35.4 Å². The molecule has 90 valence electrons. The number of nitriles is 1. The van der Waals surface area contributed by atoms with Crippen molar-refractivity contribution in [3.63, 3.8) is 0 Å². The van der Waals surface area contributed by atoms with Gasteiger partial charge in [-0.3, -0.25) is 5.43 Å².